The first-order chi connectivity index (χ1) is 10.7. The van der Waals surface area contributed by atoms with E-state index in [1.165, 1.54) is 0 Å². The summed E-state index contributed by atoms with van der Waals surface area (Å²) in [7, 11) is 0. The van der Waals surface area contributed by atoms with Crippen molar-refractivity contribution in [3.63, 3.8) is 0 Å². The summed E-state index contributed by atoms with van der Waals surface area (Å²) in [5.41, 5.74) is 13.8. The minimum Gasteiger partial charge on any atom is -0.411 e. The van der Waals surface area contributed by atoms with Crippen LogP contribution in [0.5, 0.6) is 0 Å². The normalized spacial score (nSPS) is 14.3. The van der Waals surface area contributed by atoms with Gasteiger partial charge in [-0.05, 0) is 40.8 Å². The Morgan fingerprint density at radius 2 is 1.43 bits per heavy atom. The van der Waals surface area contributed by atoms with Gasteiger partial charge in [-0.1, -0.05) is 10.3 Å². The number of nitrogens with zero attached hydrogens (tertiary/aromatic N) is 2. The lowest BCUT2D eigenvalue weighted by Gasteiger charge is -2.29. The van der Waals surface area contributed by atoms with Crippen molar-refractivity contribution in [2.75, 3.05) is 26.2 Å². The lowest BCUT2D eigenvalue weighted by atomic mass is 9.95. The van der Waals surface area contributed by atoms with E-state index >= 15 is 0 Å². The predicted octanol–water partition coefficient (Wildman–Crippen LogP) is 0.0124. The Labute approximate surface area is 138 Å². The molecule has 0 bridgehead atoms. The zero-order chi connectivity index (χ0) is 17.9. The molecule has 0 saturated heterocycles. The SMILES string of the molecule is CC(C)(NCCONC(C)(C)/C(CCN)=N/O)/C(CCN)=N/O. The fraction of sp³-hybridized carbons (Fsp3) is 0.857. The minimum absolute atomic E-state index is 0.371. The van der Waals surface area contributed by atoms with Gasteiger partial charge < -0.3 is 27.2 Å². The smallest absolute Gasteiger partial charge is 0.0807 e. The summed E-state index contributed by atoms with van der Waals surface area (Å²) >= 11 is 0. The van der Waals surface area contributed by atoms with Crippen LogP contribution in [0, 0.1) is 0 Å². The minimum atomic E-state index is -0.624. The van der Waals surface area contributed by atoms with E-state index in [0.717, 1.165) is 0 Å². The molecule has 0 heterocycles. The van der Waals surface area contributed by atoms with Gasteiger partial charge in [-0.25, -0.2) is 0 Å². The van der Waals surface area contributed by atoms with Gasteiger partial charge in [0.1, 0.15) is 0 Å². The molecule has 8 N–H and O–H groups in total. The van der Waals surface area contributed by atoms with Gasteiger partial charge in [0.05, 0.1) is 29.1 Å². The highest BCUT2D eigenvalue weighted by atomic mass is 16.6. The number of hydroxylamine groups is 1. The number of hydrogen-bond acceptors (Lipinski definition) is 9. The van der Waals surface area contributed by atoms with E-state index in [1.54, 1.807) is 0 Å². The third kappa shape index (κ3) is 7.71. The summed E-state index contributed by atoms with van der Waals surface area (Å²) in [6.45, 7) is 9.21. The summed E-state index contributed by atoms with van der Waals surface area (Å²) in [4.78, 5) is 5.42. The van der Waals surface area contributed by atoms with Gasteiger partial charge in [0.2, 0.25) is 0 Å². The van der Waals surface area contributed by atoms with Crippen LogP contribution in [0.4, 0.5) is 0 Å². The van der Waals surface area contributed by atoms with Crippen LogP contribution >= 0.6 is 0 Å². The second kappa shape index (κ2) is 10.5. The van der Waals surface area contributed by atoms with E-state index < -0.39 is 11.1 Å². The van der Waals surface area contributed by atoms with Crippen molar-refractivity contribution in [1.82, 2.24) is 10.8 Å². The molecule has 0 radical (unpaired) electrons. The highest BCUT2D eigenvalue weighted by molar-refractivity contribution is 5.92. The van der Waals surface area contributed by atoms with Crippen LogP contribution in [0.3, 0.4) is 0 Å². The van der Waals surface area contributed by atoms with Gasteiger partial charge in [0.15, 0.2) is 0 Å². The molecule has 0 aliphatic rings. The molecule has 0 spiro atoms. The third-order valence-corrected chi connectivity index (χ3v) is 3.54. The molecule has 0 saturated carbocycles. The van der Waals surface area contributed by atoms with Crippen LogP contribution in [0.15, 0.2) is 10.3 Å². The number of hydrogen-bond donors (Lipinski definition) is 6. The molecule has 0 unspecified atom stereocenters. The highest BCUT2D eigenvalue weighted by Gasteiger charge is 2.26. The van der Waals surface area contributed by atoms with Crippen LogP contribution in [-0.4, -0.2) is 59.2 Å². The quantitative estimate of drug-likeness (QED) is 0.127. The van der Waals surface area contributed by atoms with Gasteiger partial charge in [0.25, 0.3) is 0 Å². The topological polar surface area (TPSA) is 151 Å². The molecule has 0 fully saturated rings. The molecule has 0 aliphatic carbocycles. The Balaban J connectivity index is 4.27. The zero-order valence-corrected chi connectivity index (χ0v) is 14.6. The van der Waals surface area contributed by atoms with E-state index in [9.17, 15) is 0 Å². The number of nitrogens with two attached hydrogens (primary N) is 2. The standard InChI is InChI=1S/C14H32N6O3/c1-13(2,11(18-21)5-7-15)17-9-10-23-20-14(3,4)12(19-22)6-8-16/h17,20-22H,5-10,15-16H2,1-4H3/b18-11+,19-12+. The molecule has 0 aromatic heterocycles. The summed E-state index contributed by atoms with van der Waals surface area (Å²) in [5, 5.41) is 27.9. The van der Waals surface area contributed by atoms with Crippen molar-refractivity contribution in [1.29, 1.82) is 0 Å². The Hall–Kier alpha value is -1.26. The molecule has 0 atom stereocenters. The van der Waals surface area contributed by atoms with Crippen LogP contribution in [0.1, 0.15) is 40.5 Å². The number of rotatable bonds is 12. The molecule has 0 amide bonds. The second-order valence-electron chi connectivity index (χ2n) is 6.30. The highest BCUT2D eigenvalue weighted by Crippen LogP contribution is 2.09. The van der Waals surface area contributed by atoms with Gasteiger partial charge in [-0.15, -0.1) is 0 Å². The first kappa shape index (κ1) is 21.7. The molecule has 9 heteroatoms. The van der Waals surface area contributed by atoms with Crippen molar-refractivity contribution in [3.05, 3.63) is 0 Å². The van der Waals surface area contributed by atoms with Crippen molar-refractivity contribution in [3.8, 4) is 0 Å². The summed E-state index contributed by atoms with van der Waals surface area (Å²) in [5.74, 6) is 0. The Bertz CT molecular complexity index is 360. The number of oxime groups is 2. The van der Waals surface area contributed by atoms with Crippen molar-refractivity contribution >= 4 is 11.4 Å². The average molecular weight is 332 g/mol. The second-order valence-corrected chi connectivity index (χ2v) is 6.30. The van der Waals surface area contributed by atoms with Crippen LogP contribution in [-0.2, 0) is 4.84 Å². The lowest BCUT2D eigenvalue weighted by Crippen LogP contribution is -2.50. The van der Waals surface area contributed by atoms with Gasteiger partial charge in [0, 0.05) is 19.4 Å². The molecule has 23 heavy (non-hydrogen) atoms. The van der Waals surface area contributed by atoms with Crippen molar-refractivity contribution in [2.45, 2.75) is 51.6 Å². The molecule has 0 aromatic carbocycles. The van der Waals surface area contributed by atoms with Crippen molar-refractivity contribution in [2.24, 2.45) is 21.8 Å². The summed E-state index contributed by atoms with van der Waals surface area (Å²) < 4.78 is 0. The first-order valence-electron chi connectivity index (χ1n) is 7.72. The van der Waals surface area contributed by atoms with E-state index in [2.05, 4.69) is 21.1 Å². The average Bonchev–Trinajstić information content (AvgIpc) is 2.49. The fourth-order valence-corrected chi connectivity index (χ4v) is 2.06. The first-order valence-corrected chi connectivity index (χ1v) is 7.72. The van der Waals surface area contributed by atoms with Crippen molar-refractivity contribution < 1.29 is 15.3 Å². The largest absolute Gasteiger partial charge is 0.411 e. The zero-order valence-electron chi connectivity index (χ0n) is 14.6. The summed E-state index contributed by atoms with van der Waals surface area (Å²) in [6.07, 6.45) is 0.985. The number of nitrogens with one attached hydrogen (secondary N) is 2. The van der Waals surface area contributed by atoms with Crippen LogP contribution < -0.4 is 22.3 Å². The monoisotopic (exact) mass is 332 g/mol. The third-order valence-electron chi connectivity index (χ3n) is 3.54. The fourth-order valence-electron chi connectivity index (χ4n) is 2.06. The van der Waals surface area contributed by atoms with Crippen LogP contribution in [0.2, 0.25) is 0 Å². The van der Waals surface area contributed by atoms with E-state index in [1.807, 2.05) is 27.7 Å². The summed E-state index contributed by atoms with van der Waals surface area (Å²) in [6, 6.07) is 0. The molecule has 0 aliphatic heterocycles. The predicted molar refractivity (Wildman–Crippen MR) is 91.0 cm³/mol. The molecular weight excluding hydrogens is 300 g/mol. The van der Waals surface area contributed by atoms with Gasteiger partial charge >= 0.3 is 0 Å². The molecule has 9 nitrogen and oxygen atoms in total. The molecule has 0 aromatic rings. The Kier molecular flexibility index (Phi) is 9.93. The lowest BCUT2D eigenvalue weighted by molar-refractivity contribution is 0.00826. The Morgan fingerprint density at radius 3 is 1.87 bits per heavy atom. The van der Waals surface area contributed by atoms with Gasteiger partial charge in [-0.3, -0.25) is 4.84 Å². The van der Waals surface area contributed by atoms with Gasteiger partial charge in [-0.2, -0.15) is 5.48 Å². The van der Waals surface area contributed by atoms with E-state index in [4.69, 9.17) is 26.7 Å². The molecular formula is C14H32N6O3. The van der Waals surface area contributed by atoms with E-state index in [-0.39, 0.29) is 0 Å². The maximum atomic E-state index is 9.04. The van der Waals surface area contributed by atoms with E-state index in [0.29, 0.717) is 50.5 Å². The Morgan fingerprint density at radius 1 is 0.957 bits per heavy atom. The molecule has 136 valence electrons. The maximum Gasteiger partial charge on any atom is 0.0807 e. The maximum absolute atomic E-state index is 9.04. The molecule has 0 rings (SSSR count). The van der Waals surface area contributed by atoms with Crippen LogP contribution in [0.25, 0.3) is 0 Å².